The number of carbonyl (C=O) groups is 1. The van der Waals surface area contributed by atoms with E-state index in [-0.39, 0.29) is 19.2 Å². The van der Waals surface area contributed by atoms with Crippen LogP contribution in [-0.2, 0) is 17.6 Å². The van der Waals surface area contributed by atoms with Gasteiger partial charge in [-0.25, -0.2) is 4.45 Å². The highest BCUT2D eigenvalue weighted by Gasteiger charge is 2.28. The first-order valence-electron chi connectivity index (χ1n) is 4.61. The molecule has 0 saturated heterocycles. The fourth-order valence-electron chi connectivity index (χ4n) is 1.63. The van der Waals surface area contributed by atoms with Crippen LogP contribution in [0.25, 0.3) is 0 Å². The molecule has 4 nitrogen and oxygen atoms in total. The van der Waals surface area contributed by atoms with Gasteiger partial charge in [-0.3, -0.25) is 4.79 Å². The Kier molecular flexibility index (Phi) is 3.84. The molecule has 0 saturated carbocycles. The molecule has 2 rings (SSSR count). The highest BCUT2D eigenvalue weighted by atomic mass is 32.6. The third-order valence-electron chi connectivity index (χ3n) is 2.55. The molecular weight excluding hydrogens is 266 g/mol. The molecule has 82 valence electrons. The van der Waals surface area contributed by atoms with Gasteiger partial charge in [-0.2, -0.15) is 0 Å². The largest absolute Gasteiger partial charge is 0.299 e. The minimum atomic E-state index is -0.345. The van der Waals surface area contributed by atoms with Crippen LogP contribution < -0.4 is 0 Å². The Hall–Kier alpha value is 0.530. The second kappa shape index (κ2) is 4.80. The van der Waals surface area contributed by atoms with Crippen molar-refractivity contribution >= 4 is 39.0 Å². The van der Waals surface area contributed by atoms with E-state index in [1.54, 1.807) is 0 Å². The van der Waals surface area contributed by atoms with Gasteiger partial charge in [0.15, 0.2) is 0 Å². The molecule has 5 unspecified atom stereocenters. The van der Waals surface area contributed by atoms with E-state index in [4.69, 9.17) is 0 Å². The number of hydrogen-bond donors (Lipinski definition) is 0. The standard InChI is InChI=1S/C7H13N3OP4/c1-4-2-6-5(3-7(4)11)8-9-10(6)15(13)14-12/h4,14H,2-3,12-13H2,1H3. The monoisotopic (exact) mass is 279 g/mol. The van der Waals surface area contributed by atoms with Gasteiger partial charge in [-0.15, -0.1) is 14.0 Å². The van der Waals surface area contributed by atoms with Gasteiger partial charge in [-0.05, 0) is 7.96 Å². The van der Waals surface area contributed by atoms with Crippen LogP contribution in [0.1, 0.15) is 18.3 Å². The van der Waals surface area contributed by atoms with E-state index in [9.17, 15) is 4.79 Å². The van der Waals surface area contributed by atoms with Crippen LogP contribution in [0.4, 0.5) is 0 Å². The van der Waals surface area contributed by atoms with E-state index >= 15 is 0 Å². The first-order chi connectivity index (χ1) is 7.13. The van der Waals surface area contributed by atoms with Crippen LogP contribution in [0.5, 0.6) is 0 Å². The van der Waals surface area contributed by atoms with E-state index in [1.165, 1.54) is 0 Å². The molecule has 1 aromatic heterocycles. The number of rotatable bonds is 2. The molecule has 0 N–H and O–H groups in total. The summed E-state index contributed by atoms with van der Waals surface area (Å²) in [5.74, 6) is 0.409. The molecule has 0 spiro atoms. The second-order valence-corrected chi connectivity index (χ2v) is 12.4. The van der Waals surface area contributed by atoms with Crippen molar-refractivity contribution in [2.75, 3.05) is 0 Å². The Morgan fingerprint density at radius 2 is 2.40 bits per heavy atom. The first-order valence-corrected chi connectivity index (χ1v) is 11.2. The lowest BCUT2D eigenvalue weighted by Crippen LogP contribution is -2.23. The van der Waals surface area contributed by atoms with Crippen molar-refractivity contribution < 1.29 is 4.79 Å². The Morgan fingerprint density at radius 1 is 1.67 bits per heavy atom. The molecule has 5 atom stereocenters. The molecule has 0 radical (unpaired) electrons. The fourth-order valence-corrected chi connectivity index (χ4v) is 4.68. The van der Waals surface area contributed by atoms with Crippen LogP contribution in [0.2, 0.25) is 0 Å². The van der Waals surface area contributed by atoms with E-state index in [0.717, 1.165) is 25.8 Å². The van der Waals surface area contributed by atoms with E-state index < -0.39 is 0 Å². The number of carbonyl (C=O) groups excluding carboxylic acids is 1. The highest BCUT2D eigenvalue weighted by Crippen LogP contribution is 2.66. The molecule has 0 aliphatic heterocycles. The zero-order valence-electron chi connectivity index (χ0n) is 8.34. The zero-order chi connectivity index (χ0) is 11.0. The van der Waals surface area contributed by atoms with Gasteiger partial charge in [0, 0.05) is 12.3 Å². The summed E-state index contributed by atoms with van der Waals surface area (Å²) in [4.78, 5) is 11.5. The summed E-state index contributed by atoms with van der Waals surface area (Å²) in [6.45, 7) is 1.98. The highest BCUT2D eigenvalue weighted by molar-refractivity contribution is 8.60. The average molecular weight is 279 g/mol. The maximum Gasteiger partial charge on any atom is 0.142 e. The van der Waals surface area contributed by atoms with Crippen LogP contribution in [-0.4, -0.2) is 20.5 Å². The lowest BCUT2D eigenvalue weighted by Gasteiger charge is -2.19. The number of fused-ring (bicyclic) bond motifs is 1. The normalized spacial score (nSPS) is 23.4. The summed E-state index contributed by atoms with van der Waals surface area (Å²) < 4.78 is 2.00. The topological polar surface area (TPSA) is 47.8 Å². The van der Waals surface area contributed by atoms with Crippen LogP contribution in [0, 0.1) is 5.92 Å². The van der Waals surface area contributed by atoms with Crippen LogP contribution in [0.15, 0.2) is 0 Å². The molecule has 1 aliphatic rings. The van der Waals surface area contributed by atoms with Crippen molar-refractivity contribution in [1.29, 1.82) is 0 Å². The molecule has 0 amide bonds. The fraction of sp³-hybridized carbons (Fsp3) is 0.571. The second-order valence-electron chi connectivity index (χ2n) is 3.59. The molecule has 8 heteroatoms. The van der Waals surface area contributed by atoms with Gasteiger partial charge in [0.25, 0.3) is 0 Å². The molecule has 1 aromatic rings. The minimum absolute atomic E-state index is 0.121. The molecule has 0 aromatic carbocycles. The number of hydrogen-bond acceptors (Lipinski definition) is 3. The lowest BCUT2D eigenvalue weighted by atomic mass is 9.90. The van der Waals surface area contributed by atoms with Gasteiger partial charge >= 0.3 is 0 Å². The van der Waals surface area contributed by atoms with Crippen LogP contribution >= 0.6 is 33.3 Å². The van der Waals surface area contributed by atoms with Gasteiger partial charge < -0.3 is 0 Å². The smallest absolute Gasteiger partial charge is 0.142 e. The lowest BCUT2D eigenvalue weighted by molar-refractivity contribution is -0.122. The minimum Gasteiger partial charge on any atom is -0.299 e. The van der Waals surface area contributed by atoms with Gasteiger partial charge in [-0.1, -0.05) is 21.1 Å². The first kappa shape index (κ1) is 12.0. The summed E-state index contributed by atoms with van der Waals surface area (Å²) >= 11 is 0. The summed E-state index contributed by atoms with van der Waals surface area (Å²) in [7, 11) is 5.98. The van der Waals surface area contributed by atoms with Gasteiger partial charge in [0.1, 0.15) is 5.78 Å². The van der Waals surface area contributed by atoms with E-state index in [1.807, 2.05) is 11.4 Å². The third kappa shape index (κ3) is 2.29. The predicted octanol–water partition coefficient (Wildman–Crippen LogP) is 2.00. The maximum atomic E-state index is 11.5. The molecular formula is C7H13N3OP4. The Balaban J connectivity index is 2.35. The summed E-state index contributed by atoms with van der Waals surface area (Å²) in [5, 5.41) is 8.25. The molecule has 0 fully saturated rings. The van der Waals surface area contributed by atoms with Gasteiger partial charge in [0.2, 0.25) is 0 Å². The number of ketones is 1. The Labute approximate surface area is 96.0 Å². The quantitative estimate of drug-likeness (QED) is 0.778. The SMILES string of the molecule is CC1Cc2c(nnn2P(P)PP)CC1=O. The zero-order valence-corrected chi connectivity index (χ0v) is 12.5. The average Bonchev–Trinajstić information content (AvgIpc) is 2.61. The predicted molar refractivity (Wildman–Crippen MR) is 71.7 cm³/mol. The van der Waals surface area contributed by atoms with Crippen molar-refractivity contribution in [3.63, 3.8) is 0 Å². The molecule has 1 aliphatic carbocycles. The van der Waals surface area contributed by atoms with Crippen molar-refractivity contribution in [3.8, 4) is 0 Å². The number of aromatic nitrogens is 3. The maximum absolute atomic E-state index is 11.5. The van der Waals surface area contributed by atoms with E-state index in [2.05, 4.69) is 28.2 Å². The van der Waals surface area contributed by atoms with Crippen molar-refractivity contribution in [2.24, 2.45) is 5.92 Å². The van der Waals surface area contributed by atoms with Gasteiger partial charge in [0.05, 0.1) is 25.3 Å². The number of Topliss-reactive ketones (excluding diaryl/α,β-unsaturated/α-hetero) is 1. The summed E-state index contributed by atoms with van der Waals surface area (Å²) in [6.07, 6.45) is 1.26. The molecule has 15 heavy (non-hydrogen) atoms. The van der Waals surface area contributed by atoms with Crippen LogP contribution in [0.3, 0.4) is 0 Å². The van der Waals surface area contributed by atoms with Crippen molar-refractivity contribution in [1.82, 2.24) is 14.8 Å². The van der Waals surface area contributed by atoms with Crippen molar-refractivity contribution in [3.05, 3.63) is 11.4 Å². The Morgan fingerprint density at radius 3 is 3.07 bits per heavy atom. The Bertz CT molecular complexity index is 394. The van der Waals surface area contributed by atoms with E-state index in [0.29, 0.717) is 6.42 Å². The van der Waals surface area contributed by atoms with Crippen molar-refractivity contribution in [2.45, 2.75) is 19.8 Å². The molecule has 1 heterocycles. The third-order valence-corrected chi connectivity index (χ3v) is 12.0. The summed E-state index contributed by atoms with van der Waals surface area (Å²) in [5.41, 5.74) is 2.05. The summed E-state index contributed by atoms with van der Waals surface area (Å²) in [6, 6.07) is 0. The number of nitrogens with zero attached hydrogens (tertiary/aromatic N) is 3. The molecule has 0 bridgehead atoms.